The zero-order valence-electron chi connectivity index (χ0n) is 23.2. The van der Waals surface area contributed by atoms with Crippen LogP contribution >= 0.6 is 11.3 Å². The first kappa shape index (κ1) is 30.1. The molecule has 0 aliphatic heterocycles. The highest BCUT2D eigenvalue weighted by molar-refractivity contribution is 7.16. The van der Waals surface area contributed by atoms with Gasteiger partial charge in [-0.1, -0.05) is 92.0 Å². The van der Waals surface area contributed by atoms with E-state index in [9.17, 15) is 19.8 Å². The molecular weight excluding hydrogens is 538 g/mol. The Bertz CT molecular complexity index is 1440. The second-order valence-electron chi connectivity index (χ2n) is 10.2. The number of nitrogens with one attached hydrogen (secondary N) is 3. The van der Waals surface area contributed by atoms with Gasteiger partial charge in [0.05, 0.1) is 17.3 Å². The molecule has 1 aromatic heterocycles. The van der Waals surface area contributed by atoms with Crippen LogP contribution in [0.4, 0.5) is 4.79 Å². The minimum atomic E-state index is -1.06. The topological polar surface area (TPSA) is 124 Å². The highest BCUT2D eigenvalue weighted by Crippen LogP contribution is 2.28. The van der Waals surface area contributed by atoms with E-state index < -0.39 is 12.1 Å². The van der Waals surface area contributed by atoms with Crippen LogP contribution in [0.5, 0.6) is 11.5 Å². The van der Waals surface area contributed by atoms with Gasteiger partial charge in [-0.25, -0.2) is 4.79 Å². The van der Waals surface area contributed by atoms with Crippen LogP contribution in [-0.2, 0) is 6.42 Å². The standard InChI is InChI=1S/C32H39N3O5S/c36-27-17-16-24(30-29(27)35-32(39)41-30)18-20-33-19-9-4-2-1-3-5-10-21-40-26-15-11-14-25(22-26)28(34-31(37)38)23-12-7-6-8-13-23/h6-8,11-17,22,28,33-34,36H,1-5,9-10,18-21H2,(H,35,39)(H,37,38). The number of hydrogen-bond donors (Lipinski definition) is 5. The summed E-state index contributed by atoms with van der Waals surface area (Å²) in [5.74, 6) is 0.874. The Morgan fingerprint density at radius 1 is 0.878 bits per heavy atom. The number of fused-ring (bicyclic) bond motifs is 1. The van der Waals surface area contributed by atoms with E-state index in [-0.39, 0.29) is 10.6 Å². The van der Waals surface area contributed by atoms with Gasteiger partial charge in [0.1, 0.15) is 17.0 Å². The maximum atomic E-state index is 11.6. The van der Waals surface area contributed by atoms with E-state index in [1.165, 1.54) is 25.7 Å². The van der Waals surface area contributed by atoms with Crippen molar-refractivity contribution < 1.29 is 19.7 Å². The lowest BCUT2D eigenvalue weighted by molar-refractivity contribution is 0.191. The minimum absolute atomic E-state index is 0.123. The predicted molar refractivity (Wildman–Crippen MR) is 164 cm³/mol. The van der Waals surface area contributed by atoms with Crippen molar-refractivity contribution in [3.8, 4) is 11.5 Å². The molecule has 5 N–H and O–H groups in total. The van der Waals surface area contributed by atoms with Crippen molar-refractivity contribution in [2.45, 2.75) is 57.4 Å². The Labute approximate surface area is 244 Å². The molecule has 1 unspecified atom stereocenters. The number of benzene rings is 3. The summed E-state index contributed by atoms with van der Waals surface area (Å²) >= 11 is 1.15. The van der Waals surface area contributed by atoms with Crippen molar-refractivity contribution in [2.24, 2.45) is 0 Å². The quantitative estimate of drug-likeness (QED) is 0.0902. The first-order valence-corrected chi connectivity index (χ1v) is 15.1. The average Bonchev–Trinajstić information content (AvgIpc) is 3.38. The van der Waals surface area contributed by atoms with Crippen molar-refractivity contribution >= 4 is 27.6 Å². The number of carboxylic acid groups (broad SMARTS) is 1. The molecule has 0 aliphatic carbocycles. The Balaban J connectivity index is 1.05. The zero-order chi connectivity index (χ0) is 28.9. The van der Waals surface area contributed by atoms with Crippen LogP contribution in [0.2, 0.25) is 0 Å². The van der Waals surface area contributed by atoms with Crippen LogP contribution < -0.4 is 20.2 Å². The second-order valence-corrected chi connectivity index (χ2v) is 11.1. The van der Waals surface area contributed by atoms with Gasteiger partial charge in [0.25, 0.3) is 0 Å². The van der Waals surface area contributed by atoms with Crippen LogP contribution in [-0.4, -0.2) is 41.0 Å². The number of ether oxygens (including phenoxy) is 1. The van der Waals surface area contributed by atoms with Gasteiger partial charge in [-0.2, -0.15) is 0 Å². The zero-order valence-corrected chi connectivity index (χ0v) is 24.1. The number of amides is 1. The minimum Gasteiger partial charge on any atom is -0.506 e. The normalized spacial score (nSPS) is 11.9. The first-order valence-electron chi connectivity index (χ1n) is 14.3. The molecule has 4 rings (SSSR count). The second kappa shape index (κ2) is 15.8. The fourth-order valence-electron chi connectivity index (χ4n) is 4.96. The monoisotopic (exact) mass is 577 g/mol. The van der Waals surface area contributed by atoms with Crippen LogP contribution in [0.25, 0.3) is 10.2 Å². The van der Waals surface area contributed by atoms with Crippen molar-refractivity contribution in [1.82, 2.24) is 15.6 Å². The van der Waals surface area contributed by atoms with Gasteiger partial charge in [0.15, 0.2) is 0 Å². The maximum Gasteiger partial charge on any atom is 0.405 e. The van der Waals surface area contributed by atoms with Gasteiger partial charge in [-0.15, -0.1) is 0 Å². The van der Waals surface area contributed by atoms with Crippen molar-refractivity contribution in [1.29, 1.82) is 0 Å². The van der Waals surface area contributed by atoms with Crippen LogP contribution in [0.1, 0.15) is 67.7 Å². The number of rotatable bonds is 17. The molecule has 0 aliphatic rings. The van der Waals surface area contributed by atoms with Gasteiger partial charge in [0, 0.05) is 0 Å². The molecule has 41 heavy (non-hydrogen) atoms. The third-order valence-electron chi connectivity index (χ3n) is 7.07. The molecule has 0 saturated heterocycles. The molecule has 3 aromatic carbocycles. The number of carbonyl (C=O) groups is 1. The fourth-order valence-corrected chi connectivity index (χ4v) is 5.85. The summed E-state index contributed by atoms with van der Waals surface area (Å²) in [6.45, 7) is 2.46. The number of thiazole rings is 1. The van der Waals surface area contributed by atoms with Gasteiger partial charge >= 0.3 is 11.0 Å². The first-order chi connectivity index (χ1) is 20.0. The van der Waals surface area contributed by atoms with Crippen molar-refractivity contribution in [2.75, 3.05) is 19.7 Å². The highest BCUT2D eigenvalue weighted by Gasteiger charge is 2.17. The summed E-state index contributed by atoms with van der Waals surface area (Å²) in [4.78, 5) is 25.6. The summed E-state index contributed by atoms with van der Waals surface area (Å²) < 4.78 is 6.82. The van der Waals surface area contributed by atoms with Crippen LogP contribution in [0.15, 0.2) is 71.5 Å². The molecular formula is C32H39N3O5S. The molecule has 1 amide bonds. The molecule has 8 nitrogen and oxygen atoms in total. The molecule has 0 bridgehead atoms. The molecule has 0 radical (unpaired) electrons. The number of aromatic amines is 1. The number of aromatic hydroxyl groups is 1. The van der Waals surface area contributed by atoms with E-state index in [0.717, 1.165) is 77.2 Å². The average molecular weight is 578 g/mol. The van der Waals surface area contributed by atoms with E-state index >= 15 is 0 Å². The van der Waals surface area contributed by atoms with E-state index in [2.05, 4.69) is 15.6 Å². The fraction of sp³-hybridized carbons (Fsp3) is 0.375. The summed E-state index contributed by atoms with van der Waals surface area (Å²) in [6.07, 6.45) is 7.83. The summed E-state index contributed by atoms with van der Waals surface area (Å²) in [5, 5.41) is 25.3. The van der Waals surface area contributed by atoms with Crippen molar-refractivity contribution in [3.63, 3.8) is 0 Å². The summed E-state index contributed by atoms with van der Waals surface area (Å²) in [5.41, 5.74) is 3.36. The molecule has 0 spiro atoms. The largest absolute Gasteiger partial charge is 0.506 e. The number of aromatic nitrogens is 1. The smallest absolute Gasteiger partial charge is 0.405 e. The SMILES string of the molecule is O=C(O)NC(c1ccccc1)c1cccc(OCCCCCCCCCNCCc2ccc(O)c3[nH]c(=O)sc23)c1. The van der Waals surface area contributed by atoms with E-state index in [1.54, 1.807) is 6.07 Å². The third-order valence-corrected chi connectivity index (χ3v) is 8.03. The van der Waals surface area contributed by atoms with E-state index in [4.69, 9.17) is 4.74 Å². The number of phenolic OH excluding ortho intramolecular Hbond substituents is 1. The van der Waals surface area contributed by atoms with Crippen LogP contribution in [0, 0.1) is 0 Å². The third kappa shape index (κ3) is 9.37. The Hall–Kier alpha value is -3.82. The lowest BCUT2D eigenvalue weighted by Gasteiger charge is -2.19. The molecule has 9 heteroatoms. The molecule has 1 heterocycles. The van der Waals surface area contributed by atoms with Gasteiger partial charge in [0.2, 0.25) is 0 Å². The molecule has 0 saturated carbocycles. The molecule has 1 atom stereocenters. The Morgan fingerprint density at radius 3 is 2.39 bits per heavy atom. The predicted octanol–water partition coefficient (Wildman–Crippen LogP) is 6.59. The summed E-state index contributed by atoms with van der Waals surface area (Å²) in [7, 11) is 0. The van der Waals surface area contributed by atoms with Gasteiger partial charge < -0.3 is 30.6 Å². The van der Waals surface area contributed by atoms with Crippen LogP contribution in [0.3, 0.4) is 0 Å². The number of phenols is 1. The highest BCUT2D eigenvalue weighted by atomic mass is 32.1. The molecule has 4 aromatic rings. The van der Waals surface area contributed by atoms with Gasteiger partial charge in [-0.05, 0) is 67.2 Å². The number of H-pyrrole nitrogens is 1. The van der Waals surface area contributed by atoms with Crippen molar-refractivity contribution in [3.05, 3.63) is 93.1 Å². The lowest BCUT2D eigenvalue weighted by Crippen LogP contribution is -2.27. The number of hydrogen-bond acceptors (Lipinski definition) is 6. The van der Waals surface area contributed by atoms with E-state index in [0.29, 0.717) is 12.1 Å². The molecule has 218 valence electrons. The Morgan fingerprint density at radius 2 is 1.61 bits per heavy atom. The van der Waals surface area contributed by atoms with Gasteiger partial charge in [-0.3, -0.25) is 4.79 Å². The Kier molecular flexibility index (Phi) is 11.6. The summed E-state index contributed by atoms with van der Waals surface area (Å²) in [6, 6.07) is 20.3. The maximum absolute atomic E-state index is 11.6. The number of unbranched alkanes of at least 4 members (excludes halogenated alkanes) is 6. The molecule has 0 fully saturated rings. The lowest BCUT2D eigenvalue weighted by atomic mass is 9.98. The van der Waals surface area contributed by atoms with E-state index in [1.807, 2.05) is 60.7 Å².